The van der Waals surface area contributed by atoms with Crippen LogP contribution in [0.5, 0.6) is 0 Å². The van der Waals surface area contributed by atoms with Gasteiger partial charge in [0.2, 0.25) is 0 Å². The average molecular weight is 170 g/mol. The van der Waals surface area contributed by atoms with Crippen molar-refractivity contribution in [3.63, 3.8) is 0 Å². The first kappa shape index (κ1) is 8.41. The number of aryl methyl sites for hydroxylation is 1. The van der Waals surface area contributed by atoms with Gasteiger partial charge in [-0.15, -0.1) is 0 Å². The van der Waals surface area contributed by atoms with E-state index in [4.69, 9.17) is 14.4 Å². The molecule has 0 aliphatic rings. The minimum absolute atomic E-state index is 0.211. The SMILES string of the molecule is Cc1ccc([Si](O)(O)O)cc1. The second-order valence-corrected chi connectivity index (χ2v) is 4.35. The van der Waals surface area contributed by atoms with Crippen molar-refractivity contribution in [3.05, 3.63) is 29.8 Å². The molecule has 0 aliphatic heterocycles. The molecule has 0 radical (unpaired) electrons. The third kappa shape index (κ3) is 2.13. The predicted molar refractivity (Wildman–Crippen MR) is 43.2 cm³/mol. The molecule has 1 aromatic rings. The Kier molecular flexibility index (Phi) is 2.10. The molecule has 0 aromatic heterocycles. The highest BCUT2D eigenvalue weighted by Gasteiger charge is 2.29. The lowest BCUT2D eigenvalue weighted by Gasteiger charge is -2.08. The van der Waals surface area contributed by atoms with E-state index < -0.39 is 8.80 Å². The largest absolute Gasteiger partial charge is 0.528 e. The van der Waals surface area contributed by atoms with E-state index in [9.17, 15) is 0 Å². The lowest BCUT2D eigenvalue weighted by molar-refractivity contribution is 0.250. The lowest BCUT2D eigenvalue weighted by Crippen LogP contribution is -2.48. The molecule has 3 nitrogen and oxygen atoms in total. The molecule has 0 atom stereocenters. The predicted octanol–water partition coefficient (Wildman–Crippen LogP) is -0.882. The zero-order valence-electron chi connectivity index (χ0n) is 6.15. The van der Waals surface area contributed by atoms with Crippen LogP contribution < -0.4 is 5.19 Å². The van der Waals surface area contributed by atoms with E-state index in [1.807, 2.05) is 6.92 Å². The summed E-state index contributed by atoms with van der Waals surface area (Å²) in [5.41, 5.74) is 1.02. The average Bonchev–Trinajstić information content (AvgIpc) is 1.86. The Morgan fingerprint density at radius 1 is 1.00 bits per heavy atom. The molecule has 0 aliphatic carbocycles. The maximum Gasteiger partial charge on any atom is 0.528 e. The highest BCUT2D eigenvalue weighted by molar-refractivity contribution is 6.71. The molecule has 1 rings (SSSR count). The number of hydrogen-bond donors (Lipinski definition) is 3. The molecule has 0 fully saturated rings. The molecule has 0 saturated heterocycles. The first-order valence-corrected chi connectivity index (χ1v) is 5.08. The molecule has 3 N–H and O–H groups in total. The molecular weight excluding hydrogens is 160 g/mol. The van der Waals surface area contributed by atoms with Crippen molar-refractivity contribution < 1.29 is 14.4 Å². The number of hydrogen-bond acceptors (Lipinski definition) is 3. The molecule has 1 aromatic carbocycles. The Morgan fingerprint density at radius 3 is 1.82 bits per heavy atom. The van der Waals surface area contributed by atoms with Crippen molar-refractivity contribution in [2.75, 3.05) is 0 Å². The summed E-state index contributed by atoms with van der Waals surface area (Å²) in [6.45, 7) is 1.89. The second-order valence-electron chi connectivity index (χ2n) is 2.50. The van der Waals surface area contributed by atoms with Gasteiger partial charge >= 0.3 is 8.80 Å². The van der Waals surface area contributed by atoms with Crippen LogP contribution in [0.4, 0.5) is 0 Å². The van der Waals surface area contributed by atoms with Gasteiger partial charge in [-0.05, 0) is 6.92 Å². The van der Waals surface area contributed by atoms with Gasteiger partial charge in [-0.2, -0.15) is 0 Å². The van der Waals surface area contributed by atoms with Gasteiger partial charge in [-0.3, -0.25) is 0 Å². The van der Waals surface area contributed by atoms with Gasteiger partial charge in [-0.1, -0.05) is 29.8 Å². The van der Waals surface area contributed by atoms with E-state index in [1.54, 1.807) is 12.1 Å². The zero-order valence-corrected chi connectivity index (χ0v) is 7.15. The second kappa shape index (κ2) is 2.75. The molecular formula is C7H10O3Si. The highest BCUT2D eigenvalue weighted by Crippen LogP contribution is 1.96. The molecule has 4 heteroatoms. The Hall–Kier alpha value is -0.683. The van der Waals surface area contributed by atoms with Crippen LogP contribution >= 0.6 is 0 Å². The van der Waals surface area contributed by atoms with Crippen molar-refractivity contribution in [2.24, 2.45) is 0 Å². The van der Waals surface area contributed by atoms with E-state index in [-0.39, 0.29) is 5.19 Å². The smallest absolute Gasteiger partial charge is 0.386 e. The minimum Gasteiger partial charge on any atom is -0.386 e. The van der Waals surface area contributed by atoms with Crippen molar-refractivity contribution >= 4 is 14.0 Å². The Labute approximate surface area is 65.9 Å². The van der Waals surface area contributed by atoms with E-state index in [0.717, 1.165) is 5.56 Å². The van der Waals surface area contributed by atoms with Crippen molar-refractivity contribution in [1.82, 2.24) is 0 Å². The molecule has 60 valence electrons. The van der Waals surface area contributed by atoms with Crippen LogP contribution in [0.1, 0.15) is 5.56 Å². The standard InChI is InChI=1S/C7H10O3Si/c1-6-2-4-7(5-3-6)11(8,9)10/h2-5,8-10H,1H3. The lowest BCUT2D eigenvalue weighted by atomic mass is 10.2. The third-order valence-electron chi connectivity index (χ3n) is 1.44. The van der Waals surface area contributed by atoms with Crippen LogP contribution in [-0.4, -0.2) is 23.2 Å². The van der Waals surface area contributed by atoms with Gasteiger partial charge in [0.15, 0.2) is 0 Å². The van der Waals surface area contributed by atoms with Crippen LogP contribution in [0.25, 0.3) is 0 Å². The fourth-order valence-electron chi connectivity index (χ4n) is 0.777. The molecule has 0 bridgehead atoms. The Bertz CT molecular complexity index is 237. The molecule has 0 heterocycles. The van der Waals surface area contributed by atoms with Gasteiger partial charge in [0.1, 0.15) is 0 Å². The van der Waals surface area contributed by atoms with Gasteiger partial charge in [0.25, 0.3) is 0 Å². The summed E-state index contributed by atoms with van der Waals surface area (Å²) in [5.74, 6) is 0. The highest BCUT2D eigenvalue weighted by atomic mass is 28.4. The van der Waals surface area contributed by atoms with Gasteiger partial charge in [0, 0.05) is 5.19 Å². The summed E-state index contributed by atoms with van der Waals surface area (Å²) >= 11 is 0. The monoisotopic (exact) mass is 170 g/mol. The summed E-state index contributed by atoms with van der Waals surface area (Å²) in [6, 6.07) is 6.47. The topological polar surface area (TPSA) is 60.7 Å². The van der Waals surface area contributed by atoms with E-state index in [0.29, 0.717) is 0 Å². The maximum absolute atomic E-state index is 8.83. The Balaban J connectivity index is 2.99. The van der Waals surface area contributed by atoms with Crippen molar-refractivity contribution in [2.45, 2.75) is 6.92 Å². The molecule has 0 spiro atoms. The summed E-state index contributed by atoms with van der Waals surface area (Å²) in [6.07, 6.45) is 0. The fourth-order valence-corrected chi connectivity index (χ4v) is 1.39. The summed E-state index contributed by atoms with van der Waals surface area (Å²) in [4.78, 5) is 26.5. The summed E-state index contributed by atoms with van der Waals surface area (Å²) in [7, 11) is -4.06. The van der Waals surface area contributed by atoms with Gasteiger partial charge in [0.05, 0.1) is 0 Å². The van der Waals surface area contributed by atoms with E-state index >= 15 is 0 Å². The molecule has 0 amide bonds. The van der Waals surface area contributed by atoms with Crippen LogP contribution in [-0.2, 0) is 0 Å². The van der Waals surface area contributed by atoms with Crippen molar-refractivity contribution in [1.29, 1.82) is 0 Å². The first-order valence-electron chi connectivity index (χ1n) is 3.24. The van der Waals surface area contributed by atoms with Gasteiger partial charge < -0.3 is 14.4 Å². The van der Waals surface area contributed by atoms with Crippen LogP contribution in [0.3, 0.4) is 0 Å². The third-order valence-corrected chi connectivity index (χ3v) is 2.55. The fraction of sp³-hybridized carbons (Fsp3) is 0.143. The molecule has 0 saturated carbocycles. The summed E-state index contributed by atoms with van der Waals surface area (Å²) < 4.78 is 0. The quantitative estimate of drug-likeness (QED) is 0.480. The zero-order chi connectivity index (χ0) is 8.48. The molecule has 0 unspecified atom stereocenters. The Morgan fingerprint density at radius 2 is 1.45 bits per heavy atom. The van der Waals surface area contributed by atoms with Crippen molar-refractivity contribution in [3.8, 4) is 0 Å². The van der Waals surface area contributed by atoms with E-state index in [2.05, 4.69) is 0 Å². The first-order chi connectivity index (χ1) is 5.00. The normalized spacial score (nSPS) is 11.6. The number of benzene rings is 1. The van der Waals surface area contributed by atoms with Crippen LogP contribution in [0.15, 0.2) is 24.3 Å². The molecule has 11 heavy (non-hydrogen) atoms. The minimum atomic E-state index is -4.06. The van der Waals surface area contributed by atoms with Crippen LogP contribution in [0, 0.1) is 6.92 Å². The van der Waals surface area contributed by atoms with Crippen LogP contribution in [0.2, 0.25) is 0 Å². The van der Waals surface area contributed by atoms with Gasteiger partial charge in [-0.25, -0.2) is 0 Å². The van der Waals surface area contributed by atoms with E-state index in [1.165, 1.54) is 12.1 Å². The maximum atomic E-state index is 8.83. The summed E-state index contributed by atoms with van der Waals surface area (Å²) in [5, 5.41) is 0.211. The number of rotatable bonds is 1.